The highest BCUT2D eigenvalue weighted by molar-refractivity contribution is 5.13. The molecule has 0 amide bonds. The average molecular weight is 264 g/mol. The molecule has 0 aliphatic heterocycles. The molecule has 3 heteroatoms. The van der Waals surface area contributed by atoms with Gasteiger partial charge in [0.05, 0.1) is 18.8 Å². The van der Waals surface area contributed by atoms with Crippen molar-refractivity contribution in [2.24, 2.45) is 5.92 Å². The minimum atomic E-state index is -0.653. The molecule has 0 saturated carbocycles. The lowest BCUT2D eigenvalue weighted by Gasteiger charge is -2.21. The van der Waals surface area contributed by atoms with Crippen molar-refractivity contribution in [1.29, 1.82) is 0 Å². The molecule has 0 spiro atoms. The fraction of sp³-hybridized carbons (Fsp3) is 0.500. The van der Waals surface area contributed by atoms with Crippen LogP contribution in [-0.2, 0) is 11.3 Å². The van der Waals surface area contributed by atoms with Crippen molar-refractivity contribution in [3.8, 4) is 0 Å². The van der Waals surface area contributed by atoms with Crippen LogP contribution in [0.1, 0.15) is 25.3 Å². The molecule has 0 aromatic heterocycles. The van der Waals surface area contributed by atoms with Crippen molar-refractivity contribution in [3.63, 3.8) is 0 Å². The van der Waals surface area contributed by atoms with Gasteiger partial charge in [0.25, 0.3) is 0 Å². The molecular weight excluding hydrogens is 240 g/mol. The predicted octanol–water partition coefficient (Wildman–Crippen LogP) is 2.53. The van der Waals surface area contributed by atoms with Gasteiger partial charge in [0.1, 0.15) is 0 Å². The van der Waals surface area contributed by atoms with E-state index in [0.29, 0.717) is 19.6 Å². The summed E-state index contributed by atoms with van der Waals surface area (Å²) in [7, 11) is 0. The van der Waals surface area contributed by atoms with Gasteiger partial charge in [-0.25, -0.2) is 0 Å². The van der Waals surface area contributed by atoms with Gasteiger partial charge in [-0.05, 0) is 18.4 Å². The van der Waals surface area contributed by atoms with Crippen molar-refractivity contribution in [2.45, 2.75) is 38.6 Å². The monoisotopic (exact) mass is 264 g/mol. The molecule has 0 aliphatic carbocycles. The van der Waals surface area contributed by atoms with E-state index in [-0.39, 0.29) is 5.92 Å². The second kappa shape index (κ2) is 8.86. The molecule has 0 radical (unpaired) electrons. The first-order valence-corrected chi connectivity index (χ1v) is 6.75. The Kier molecular flexibility index (Phi) is 7.41. The third-order valence-corrected chi connectivity index (χ3v) is 3.29. The summed E-state index contributed by atoms with van der Waals surface area (Å²) in [6.07, 6.45) is 1.69. The van der Waals surface area contributed by atoms with Crippen LogP contribution >= 0.6 is 0 Å². The molecule has 0 unspecified atom stereocenters. The summed E-state index contributed by atoms with van der Waals surface area (Å²) in [5.74, 6) is -0.188. The van der Waals surface area contributed by atoms with E-state index in [1.807, 2.05) is 37.3 Å². The van der Waals surface area contributed by atoms with Crippen molar-refractivity contribution in [1.82, 2.24) is 0 Å². The first-order valence-electron chi connectivity index (χ1n) is 6.75. The normalized spacial score (nSPS) is 15.7. The van der Waals surface area contributed by atoms with Crippen LogP contribution in [0.15, 0.2) is 43.0 Å². The number of hydrogen-bond acceptors (Lipinski definition) is 3. The van der Waals surface area contributed by atoms with Crippen LogP contribution in [0.25, 0.3) is 0 Å². The van der Waals surface area contributed by atoms with Gasteiger partial charge in [0.15, 0.2) is 0 Å². The summed E-state index contributed by atoms with van der Waals surface area (Å²) in [6.45, 7) is 6.56. The number of benzene rings is 1. The van der Waals surface area contributed by atoms with E-state index in [4.69, 9.17) is 4.74 Å². The molecule has 0 bridgehead atoms. The van der Waals surface area contributed by atoms with Crippen molar-refractivity contribution in [3.05, 3.63) is 48.6 Å². The Labute approximate surface area is 115 Å². The molecule has 2 N–H and O–H groups in total. The molecule has 1 aromatic rings. The third kappa shape index (κ3) is 6.01. The van der Waals surface area contributed by atoms with Crippen LogP contribution < -0.4 is 0 Å². The van der Waals surface area contributed by atoms with E-state index in [2.05, 4.69) is 6.58 Å². The van der Waals surface area contributed by atoms with Gasteiger partial charge in [-0.3, -0.25) is 0 Å². The summed E-state index contributed by atoms with van der Waals surface area (Å²) >= 11 is 0. The minimum absolute atomic E-state index is 0.188. The average Bonchev–Trinajstić information content (AvgIpc) is 2.46. The number of ether oxygens (including phenoxy) is 1. The van der Waals surface area contributed by atoms with E-state index in [1.165, 1.54) is 6.08 Å². The first-order chi connectivity index (χ1) is 9.15. The van der Waals surface area contributed by atoms with Gasteiger partial charge < -0.3 is 14.9 Å². The second-order valence-electron chi connectivity index (χ2n) is 4.83. The van der Waals surface area contributed by atoms with Gasteiger partial charge in [0, 0.05) is 12.5 Å². The first kappa shape index (κ1) is 15.9. The van der Waals surface area contributed by atoms with Crippen LogP contribution in [-0.4, -0.2) is 29.0 Å². The highest BCUT2D eigenvalue weighted by atomic mass is 16.5. The van der Waals surface area contributed by atoms with Crippen LogP contribution in [0.5, 0.6) is 0 Å². The predicted molar refractivity (Wildman–Crippen MR) is 76.7 cm³/mol. The molecule has 0 saturated heterocycles. The Hall–Kier alpha value is -1.16. The topological polar surface area (TPSA) is 49.7 Å². The van der Waals surface area contributed by atoms with E-state index in [1.54, 1.807) is 0 Å². The van der Waals surface area contributed by atoms with E-state index in [0.717, 1.165) is 12.0 Å². The van der Waals surface area contributed by atoms with E-state index < -0.39 is 12.2 Å². The summed E-state index contributed by atoms with van der Waals surface area (Å²) in [5, 5.41) is 19.4. The molecule has 1 rings (SSSR count). The number of hydrogen-bond donors (Lipinski definition) is 2. The molecular formula is C16H24O3. The molecule has 1 aromatic carbocycles. The molecule has 106 valence electrons. The molecule has 0 heterocycles. The third-order valence-electron chi connectivity index (χ3n) is 3.29. The highest BCUT2D eigenvalue weighted by Crippen LogP contribution is 2.14. The van der Waals surface area contributed by atoms with Gasteiger partial charge in [0.2, 0.25) is 0 Å². The summed E-state index contributed by atoms with van der Waals surface area (Å²) in [5.41, 5.74) is 1.15. The number of aliphatic hydroxyl groups excluding tert-OH is 2. The van der Waals surface area contributed by atoms with Gasteiger partial charge in [-0.15, -0.1) is 6.58 Å². The van der Waals surface area contributed by atoms with E-state index in [9.17, 15) is 10.2 Å². The second-order valence-corrected chi connectivity index (χ2v) is 4.83. The molecule has 0 fully saturated rings. The molecule has 3 atom stereocenters. The van der Waals surface area contributed by atoms with Crippen LogP contribution in [0.3, 0.4) is 0 Å². The van der Waals surface area contributed by atoms with Gasteiger partial charge in [-0.1, -0.05) is 43.3 Å². The lowest BCUT2D eigenvalue weighted by Crippen LogP contribution is -2.28. The molecule has 0 aliphatic rings. The van der Waals surface area contributed by atoms with Crippen LogP contribution in [0, 0.1) is 5.92 Å². The Balaban J connectivity index is 2.12. The van der Waals surface area contributed by atoms with Crippen molar-refractivity contribution in [2.75, 3.05) is 6.61 Å². The number of aliphatic hydroxyl groups is 2. The van der Waals surface area contributed by atoms with Crippen LogP contribution in [0.2, 0.25) is 0 Å². The summed E-state index contributed by atoms with van der Waals surface area (Å²) in [6, 6.07) is 10.0. The maximum Gasteiger partial charge on any atom is 0.0768 e. The fourth-order valence-corrected chi connectivity index (χ4v) is 1.86. The zero-order valence-corrected chi connectivity index (χ0v) is 11.5. The Morgan fingerprint density at radius 1 is 1.26 bits per heavy atom. The summed E-state index contributed by atoms with van der Waals surface area (Å²) < 4.78 is 5.54. The van der Waals surface area contributed by atoms with Crippen LogP contribution in [0.4, 0.5) is 0 Å². The quantitative estimate of drug-likeness (QED) is 0.532. The SMILES string of the molecule is C=C[C@@H](O)[C@H](C)[C@H](O)CCCOCc1ccccc1. The number of rotatable bonds is 9. The van der Waals surface area contributed by atoms with Gasteiger partial charge >= 0.3 is 0 Å². The van der Waals surface area contributed by atoms with Crippen molar-refractivity contribution >= 4 is 0 Å². The van der Waals surface area contributed by atoms with E-state index >= 15 is 0 Å². The van der Waals surface area contributed by atoms with Crippen molar-refractivity contribution < 1.29 is 14.9 Å². The lowest BCUT2D eigenvalue weighted by atomic mass is 9.95. The minimum Gasteiger partial charge on any atom is -0.393 e. The molecule has 3 nitrogen and oxygen atoms in total. The Bertz CT molecular complexity index is 350. The lowest BCUT2D eigenvalue weighted by molar-refractivity contribution is 0.0303. The zero-order valence-electron chi connectivity index (χ0n) is 11.5. The maximum absolute atomic E-state index is 9.87. The zero-order chi connectivity index (χ0) is 14.1. The summed E-state index contributed by atoms with van der Waals surface area (Å²) in [4.78, 5) is 0. The molecule has 19 heavy (non-hydrogen) atoms. The fourth-order valence-electron chi connectivity index (χ4n) is 1.86. The Morgan fingerprint density at radius 2 is 1.95 bits per heavy atom. The smallest absolute Gasteiger partial charge is 0.0768 e. The maximum atomic E-state index is 9.87. The highest BCUT2D eigenvalue weighted by Gasteiger charge is 2.19. The Morgan fingerprint density at radius 3 is 2.58 bits per heavy atom. The van der Waals surface area contributed by atoms with Gasteiger partial charge in [-0.2, -0.15) is 0 Å². The standard InChI is InChI=1S/C16H24O3/c1-3-15(17)13(2)16(18)10-7-11-19-12-14-8-5-4-6-9-14/h3-6,8-9,13,15-18H,1,7,10-12H2,2H3/t13-,15+,16+/m0/s1. The largest absolute Gasteiger partial charge is 0.393 e.